The van der Waals surface area contributed by atoms with Crippen LogP contribution in [0.5, 0.6) is 11.5 Å². The second-order valence-corrected chi connectivity index (χ2v) is 8.47. The maximum absolute atomic E-state index is 12.5. The maximum Gasteiger partial charge on any atom is 0.264 e. The normalized spacial score (nSPS) is 11.4. The van der Waals surface area contributed by atoms with Crippen molar-refractivity contribution in [2.75, 3.05) is 24.3 Å². The zero-order valence-electron chi connectivity index (χ0n) is 18.0. The van der Waals surface area contributed by atoms with E-state index in [1.807, 2.05) is 0 Å². The minimum absolute atomic E-state index is 0.0184. The molecule has 10 heteroatoms. The molecule has 3 rings (SSSR count). The first-order valence-corrected chi connectivity index (χ1v) is 11.0. The van der Waals surface area contributed by atoms with E-state index in [2.05, 4.69) is 15.2 Å². The Morgan fingerprint density at radius 1 is 1.03 bits per heavy atom. The summed E-state index contributed by atoms with van der Waals surface area (Å²) in [6.07, 6.45) is 2.99. The zero-order valence-corrected chi connectivity index (χ0v) is 18.8. The van der Waals surface area contributed by atoms with Crippen molar-refractivity contribution < 1.29 is 27.2 Å². The van der Waals surface area contributed by atoms with Gasteiger partial charge in [-0.3, -0.25) is 4.79 Å². The highest BCUT2D eigenvalue weighted by atomic mass is 32.2. The van der Waals surface area contributed by atoms with E-state index >= 15 is 0 Å². The van der Waals surface area contributed by atoms with Gasteiger partial charge in [0, 0.05) is 17.3 Å². The number of aryl methyl sites for hydroxylation is 1. The number of carbonyl (C=O) groups is 1. The van der Waals surface area contributed by atoms with Crippen molar-refractivity contribution in [3.05, 3.63) is 65.4 Å². The highest BCUT2D eigenvalue weighted by molar-refractivity contribution is 7.92. The molecule has 1 heterocycles. The number of hydrogen-bond acceptors (Lipinski definition) is 7. The molecule has 0 fully saturated rings. The van der Waals surface area contributed by atoms with Gasteiger partial charge in [0.15, 0.2) is 11.5 Å². The third kappa shape index (κ3) is 5.27. The van der Waals surface area contributed by atoms with Crippen LogP contribution in [-0.2, 0) is 14.8 Å². The quantitative estimate of drug-likeness (QED) is 0.494. The topological polar surface area (TPSA) is 120 Å². The zero-order chi connectivity index (χ0) is 23.3. The van der Waals surface area contributed by atoms with Gasteiger partial charge < -0.3 is 19.3 Å². The summed E-state index contributed by atoms with van der Waals surface area (Å²) >= 11 is 0. The van der Waals surface area contributed by atoms with Crippen LogP contribution in [0, 0.1) is 13.8 Å². The predicted octanol–water partition coefficient (Wildman–Crippen LogP) is 3.76. The van der Waals surface area contributed by atoms with Gasteiger partial charge in [0.1, 0.15) is 0 Å². The van der Waals surface area contributed by atoms with Gasteiger partial charge in [0.25, 0.3) is 10.0 Å². The predicted molar refractivity (Wildman–Crippen MR) is 120 cm³/mol. The van der Waals surface area contributed by atoms with Crippen LogP contribution in [0.3, 0.4) is 0 Å². The number of ether oxygens (including phenoxy) is 2. The fourth-order valence-electron chi connectivity index (χ4n) is 2.72. The summed E-state index contributed by atoms with van der Waals surface area (Å²) in [6.45, 7) is 3.42. The van der Waals surface area contributed by atoms with Gasteiger partial charge in [0.05, 0.1) is 24.8 Å². The van der Waals surface area contributed by atoms with E-state index in [-0.39, 0.29) is 16.7 Å². The summed E-state index contributed by atoms with van der Waals surface area (Å²) in [4.78, 5) is 12.2. The number of amides is 1. The SMILES string of the molecule is COc1ccc(/C=C/C(=O)Nc2ccc(S(=O)(=O)Nc3onc(C)c3C)cc2)cc1OC. The molecule has 9 nitrogen and oxygen atoms in total. The molecule has 0 radical (unpaired) electrons. The summed E-state index contributed by atoms with van der Waals surface area (Å²) in [5, 5.41) is 6.41. The molecule has 1 amide bonds. The molecule has 2 N–H and O–H groups in total. The number of nitrogens with one attached hydrogen (secondary N) is 2. The van der Waals surface area contributed by atoms with Crippen molar-refractivity contribution in [1.82, 2.24) is 5.16 Å². The average Bonchev–Trinajstić information content (AvgIpc) is 3.09. The number of anilines is 2. The van der Waals surface area contributed by atoms with Crippen molar-refractivity contribution in [3.63, 3.8) is 0 Å². The number of sulfonamides is 1. The van der Waals surface area contributed by atoms with Crippen molar-refractivity contribution >= 4 is 33.6 Å². The molecule has 0 bridgehead atoms. The molecule has 0 saturated heterocycles. The monoisotopic (exact) mass is 457 g/mol. The summed E-state index contributed by atoms with van der Waals surface area (Å²) < 4.78 is 42.9. The van der Waals surface area contributed by atoms with E-state index in [1.165, 1.54) is 37.5 Å². The van der Waals surface area contributed by atoms with Crippen molar-refractivity contribution in [1.29, 1.82) is 0 Å². The summed E-state index contributed by atoms with van der Waals surface area (Å²) in [6, 6.07) is 11.0. The first-order chi connectivity index (χ1) is 15.2. The standard InChI is InChI=1S/C22H23N3O6S/c1-14-15(2)24-31-22(14)25-32(27,28)18-9-7-17(8-10-18)23-21(26)12-6-16-5-11-19(29-3)20(13-16)30-4/h5-13,25H,1-4H3,(H,23,26)/b12-6+. The van der Waals surface area contributed by atoms with Gasteiger partial charge in [0.2, 0.25) is 11.8 Å². The Morgan fingerprint density at radius 2 is 1.72 bits per heavy atom. The second kappa shape index (κ2) is 9.56. The molecule has 32 heavy (non-hydrogen) atoms. The van der Waals surface area contributed by atoms with E-state index in [0.29, 0.717) is 28.4 Å². The Morgan fingerprint density at radius 3 is 2.31 bits per heavy atom. The van der Waals surface area contributed by atoms with E-state index in [0.717, 1.165) is 5.56 Å². The Hall–Kier alpha value is -3.79. The van der Waals surface area contributed by atoms with Crippen molar-refractivity contribution in [2.45, 2.75) is 18.7 Å². The third-order valence-corrected chi connectivity index (χ3v) is 6.00. The number of hydrogen-bond donors (Lipinski definition) is 2. The smallest absolute Gasteiger partial charge is 0.264 e. The largest absolute Gasteiger partial charge is 0.493 e. The molecular weight excluding hydrogens is 434 g/mol. The lowest BCUT2D eigenvalue weighted by molar-refractivity contribution is -0.111. The van der Waals surface area contributed by atoms with E-state index < -0.39 is 10.0 Å². The van der Waals surface area contributed by atoms with E-state index in [1.54, 1.807) is 45.2 Å². The lowest BCUT2D eigenvalue weighted by Crippen LogP contribution is -2.13. The molecule has 0 atom stereocenters. The first-order valence-electron chi connectivity index (χ1n) is 9.50. The van der Waals surface area contributed by atoms with E-state index in [4.69, 9.17) is 14.0 Å². The highest BCUT2D eigenvalue weighted by Gasteiger charge is 2.19. The lowest BCUT2D eigenvalue weighted by atomic mass is 10.2. The first kappa shape index (κ1) is 22.9. The van der Waals surface area contributed by atoms with Crippen LogP contribution in [0.4, 0.5) is 11.6 Å². The van der Waals surface area contributed by atoms with Gasteiger partial charge in [-0.25, -0.2) is 13.1 Å². The van der Waals surface area contributed by atoms with Gasteiger partial charge in [-0.15, -0.1) is 0 Å². The molecule has 2 aromatic carbocycles. The third-order valence-electron chi connectivity index (χ3n) is 4.65. The fraction of sp³-hybridized carbons (Fsp3) is 0.182. The average molecular weight is 458 g/mol. The van der Waals surface area contributed by atoms with Crippen LogP contribution in [0.1, 0.15) is 16.8 Å². The molecule has 1 aromatic heterocycles. The summed E-state index contributed by atoms with van der Waals surface area (Å²) in [5.74, 6) is 0.838. The molecule has 3 aromatic rings. The number of nitrogens with zero attached hydrogens (tertiary/aromatic N) is 1. The molecule has 0 unspecified atom stereocenters. The number of aromatic nitrogens is 1. The van der Waals surface area contributed by atoms with Crippen LogP contribution < -0.4 is 19.5 Å². The fourth-order valence-corrected chi connectivity index (χ4v) is 3.77. The van der Waals surface area contributed by atoms with Crippen LogP contribution in [0.25, 0.3) is 6.08 Å². The molecule has 0 spiro atoms. The van der Waals surface area contributed by atoms with Crippen molar-refractivity contribution in [3.8, 4) is 11.5 Å². The molecule has 0 saturated carbocycles. The number of carbonyl (C=O) groups excluding carboxylic acids is 1. The van der Waals surface area contributed by atoms with E-state index in [9.17, 15) is 13.2 Å². The Bertz CT molecular complexity index is 1250. The molecular formula is C22H23N3O6S. The molecule has 0 aliphatic rings. The molecule has 168 valence electrons. The van der Waals surface area contributed by atoms with Crippen LogP contribution in [-0.4, -0.2) is 33.7 Å². The van der Waals surface area contributed by atoms with Crippen LogP contribution >= 0.6 is 0 Å². The highest BCUT2D eigenvalue weighted by Crippen LogP contribution is 2.28. The number of benzene rings is 2. The van der Waals surface area contributed by atoms with Crippen LogP contribution in [0.15, 0.2) is 58.0 Å². The van der Waals surface area contributed by atoms with Gasteiger partial charge in [-0.2, -0.15) is 0 Å². The Balaban J connectivity index is 1.65. The van der Waals surface area contributed by atoms with Gasteiger partial charge in [-0.05, 0) is 61.9 Å². The number of rotatable bonds is 8. The summed E-state index contributed by atoms with van der Waals surface area (Å²) in [5.41, 5.74) is 2.40. The minimum Gasteiger partial charge on any atom is -0.493 e. The minimum atomic E-state index is -3.86. The van der Waals surface area contributed by atoms with Crippen molar-refractivity contribution in [2.24, 2.45) is 0 Å². The second-order valence-electron chi connectivity index (χ2n) is 6.79. The summed E-state index contributed by atoms with van der Waals surface area (Å²) in [7, 11) is -0.781. The van der Waals surface area contributed by atoms with Gasteiger partial charge in [-0.1, -0.05) is 11.2 Å². The Kier molecular flexibility index (Phi) is 6.84. The van der Waals surface area contributed by atoms with Gasteiger partial charge >= 0.3 is 0 Å². The Labute approximate surface area is 186 Å². The lowest BCUT2D eigenvalue weighted by Gasteiger charge is -2.08. The number of methoxy groups -OCH3 is 2. The maximum atomic E-state index is 12.5. The molecule has 0 aliphatic heterocycles. The van der Waals surface area contributed by atoms with Crippen LogP contribution in [0.2, 0.25) is 0 Å². The molecule has 0 aliphatic carbocycles.